The molecule has 19 heavy (non-hydrogen) atoms. The van der Waals surface area contributed by atoms with Crippen LogP contribution in [-0.4, -0.2) is 0 Å². The molecule has 0 radical (unpaired) electrons. The molecule has 2 aromatic rings. The van der Waals surface area contributed by atoms with Crippen molar-refractivity contribution in [3.63, 3.8) is 0 Å². The molecule has 0 aliphatic rings. The molecule has 100 valence electrons. The number of aryl methyl sites for hydroxylation is 4. The summed E-state index contributed by atoms with van der Waals surface area (Å²) in [7, 11) is 2.82. The van der Waals surface area contributed by atoms with Gasteiger partial charge in [0.05, 0.1) is 0 Å². The molecule has 2 heteroatoms. The van der Waals surface area contributed by atoms with E-state index in [1.165, 1.54) is 33.6 Å². The van der Waals surface area contributed by atoms with E-state index in [2.05, 4.69) is 78.2 Å². The van der Waals surface area contributed by atoms with E-state index < -0.39 is 0 Å². The molecule has 0 aliphatic heterocycles. The zero-order chi connectivity index (χ0) is 14.0. The van der Waals surface area contributed by atoms with E-state index in [0.29, 0.717) is 0 Å². The number of hydrogen-bond acceptors (Lipinski definition) is 1. The normalized spacial score (nSPS) is 10.6. The Balaban J connectivity index is 2.40. The van der Waals surface area contributed by atoms with Gasteiger partial charge in [-0.2, -0.15) is 0 Å². The Kier molecular flexibility index (Phi) is 4.27. The lowest BCUT2D eigenvalue weighted by atomic mass is 10.1. The fourth-order valence-corrected chi connectivity index (χ4v) is 2.52. The predicted molar refractivity (Wildman–Crippen MR) is 88.3 cm³/mol. The van der Waals surface area contributed by atoms with Crippen LogP contribution in [0.4, 0.5) is 11.4 Å². The van der Waals surface area contributed by atoms with Crippen molar-refractivity contribution in [2.45, 2.75) is 34.1 Å². The van der Waals surface area contributed by atoms with Crippen LogP contribution in [0, 0.1) is 20.8 Å². The molecule has 1 nitrogen and oxygen atoms in total. The third kappa shape index (κ3) is 3.16. The Bertz CT molecular complexity index is 590. The lowest BCUT2D eigenvalue weighted by molar-refractivity contribution is 1.13. The molecule has 0 fully saturated rings. The number of hydrogen-bond donors (Lipinski definition) is 0. The highest BCUT2D eigenvalue weighted by Gasteiger charge is 2.07. The van der Waals surface area contributed by atoms with Gasteiger partial charge in [-0.3, -0.25) is 0 Å². The zero-order valence-electron chi connectivity index (χ0n) is 12.2. The molecule has 1 unspecified atom stereocenters. The fraction of sp³-hybridized carbons (Fsp3) is 0.294. The van der Waals surface area contributed by atoms with Crippen molar-refractivity contribution in [1.29, 1.82) is 0 Å². The molecular formula is C17H22NP. The highest BCUT2D eigenvalue weighted by atomic mass is 31.0. The van der Waals surface area contributed by atoms with Crippen LogP contribution in [-0.2, 0) is 6.42 Å². The molecule has 0 saturated carbocycles. The maximum atomic E-state index is 2.82. The lowest BCUT2D eigenvalue weighted by Gasteiger charge is -2.21. The second-order valence-corrected chi connectivity index (χ2v) is 5.69. The average Bonchev–Trinajstić information content (AvgIpc) is 2.40. The minimum absolute atomic E-state index is 1.07. The van der Waals surface area contributed by atoms with Gasteiger partial charge in [-0.1, -0.05) is 19.1 Å². The van der Waals surface area contributed by atoms with Crippen molar-refractivity contribution in [1.82, 2.24) is 0 Å². The lowest BCUT2D eigenvalue weighted by Crippen LogP contribution is -2.02. The maximum Gasteiger partial charge on any atom is 0.0446 e. The highest BCUT2D eigenvalue weighted by molar-refractivity contribution is 7.19. The minimum atomic E-state index is 1.07. The van der Waals surface area contributed by atoms with Crippen LogP contribution in [0.1, 0.15) is 29.2 Å². The second-order valence-electron chi connectivity index (χ2n) is 5.17. The van der Waals surface area contributed by atoms with E-state index in [-0.39, 0.29) is 0 Å². The van der Waals surface area contributed by atoms with E-state index in [1.54, 1.807) is 0 Å². The standard InChI is InChI=1S/C17H22NP/c1-5-15-8-12(2)9-17(11-15)18(19)16-7-6-13(3)14(4)10-16/h6-11H,5,19H2,1-4H3. The molecule has 0 N–H and O–H groups in total. The van der Waals surface area contributed by atoms with Gasteiger partial charge < -0.3 is 4.67 Å². The van der Waals surface area contributed by atoms with Crippen molar-refractivity contribution in [3.8, 4) is 0 Å². The maximum absolute atomic E-state index is 2.82. The van der Waals surface area contributed by atoms with E-state index >= 15 is 0 Å². The fourth-order valence-electron chi connectivity index (χ4n) is 2.21. The van der Waals surface area contributed by atoms with Crippen molar-refractivity contribution in [2.24, 2.45) is 0 Å². The summed E-state index contributed by atoms with van der Waals surface area (Å²) in [4.78, 5) is 0. The smallest absolute Gasteiger partial charge is 0.0446 e. The predicted octanol–water partition coefficient (Wildman–Crippen LogP) is 5.10. The van der Waals surface area contributed by atoms with Gasteiger partial charge in [0.2, 0.25) is 0 Å². The Morgan fingerprint density at radius 2 is 1.63 bits per heavy atom. The van der Waals surface area contributed by atoms with E-state index in [9.17, 15) is 0 Å². The van der Waals surface area contributed by atoms with Gasteiger partial charge >= 0.3 is 0 Å². The first-order valence-electron chi connectivity index (χ1n) is 6.74. The molecule has 0 bridgehead atoms. The Morgan fingerprint density at radius 1 is 0.895 bits per heavy atom. The minimum Gasteiger partial charge on any atom is -0.326 e. The van der Waals surface area contributed by atoms with Gasteiger partial charge in [0.15, 0.2) is 0 Å². The number of benzene rings is 2. The van der Waals surface area contributed by atoms with Crippen LogP contribution < -0.4 is 4.67 Å². The Labute approximate surface area is 118 Å². The van der Waals surface area contributed by atoms with Crippen molar-refractivity contribution in [3.05, 3.63) is 58.7 Å². The summed E-state index contributed by atoms with van der Waals surface area (Å²) in [6, 6.07) is 13.3. The summed E-state index contributed by atoms with van der Waals surface area (Å²) in [6.07, 6.45) is 1.07. The van der Waals surface area contributed by atoms with Crippen molar-refractivity contribution >= 4 is 20.8 Å². The SMILES string of the molecule is CCc1cc(C)cc(N(P)c2ccc(C)c(C)c2)c1. The first kappa shape index (κ1) is 14.1. The molecule has 0 amide bonds. The van der Waals surface area contributed by atoms with Gasteiger partial charge in [0, 0.05) is 11.4 Å². The number of rotatable bonds is 3. The van der Waals surface area contributed by atoms with Gasteiger partial charge in [0.25, 0.3) is 0 Å². The van der Waals surface area contributed by atoms with Crippen LogP contribution in [0.15, 0.2) is 36.4 Å². The molecule has 0 saturated heterocycles. The van der Waals surface area contributed by atoms with Crippen LogP contribution in [0.5, 0.6) is 0 Å². The van der Waals surface area contributed by atoms with E-state index in [0.717, 1.165) is 6.42 Å². The third-order valence-corrected chi connectivity index (χ3v) is 4.17. The van der Waals surface area contributed by atoms with Crippen LogP contribution in [0.25, 0.3) is 0 Å². The topological polar surface area (TPSA) is 3.24 Å². The van der Waals surface area contributed by atoms with Crippen molar-refractivity contribution in [2.75, 3.05) is 4.67 Å². The molecule has 1 atom stereocenters. The van der Waals surface area contributed by atoms with E-state index in [1.807, 2.05) is 0 Å². The highest BCUT2D eigenvalue weighted by Crippen LogP contribution is 2.31. The Hall–Kier alpha value is -1.33. The quantitative estimate of drug-likeness (QED) is 0.702. The molecule has 0 aliphatic carbocycles. The van der Waals surface area contributed by atoms with Crippen LogP contribution in [0.2, 0.25) is 0 Å². The summed E-state index contributed by atoms with van der Waals surface area (Å²) in [5.74, 6) is 0. The largest absolute Gasteiger partial charge is 0.326 e. The molecule has 2 aromatic carbocycles. The zero-order valence-corrected chi connectivity index (χ0v) is 13.4. The average molecular weight is 271 g/mol. The van der Waals surface area contributed by atoms with E-state index in [4.69, 9.17) is 0 Å². The monoisotopic (exact) mass is 271 g/mol. The second kappa shape index (κ2) is 5.75. The van der Waals surface area contributed by atoms with Gasteiger partial charge in [0.1, 0.15) is 0 Å². The first-order chi connectivity index (χ1) is 9.01. The molecule has 0 heterocycles. The third-order valence-electron chi connectivity index (χ3n) is 3.58. The summed E-state index contributed by atoms with van der Waals surface area (Å²) >= 11 is 0. The van der Waals surface area contributed by atoms with Crippen molar-refractivity contribution < 1.29 is 0 Å². The van der Waals surface area contributed by atoms with Crippen LogP contribution >= 0.6 is 9.39 Å². The molecule has 0 spiro atoms. The summed E-state index contributed by atoms with van der Waals surface area (Å²) < 4.78 is 2.18. The van der Waals surface area contributed by atoms with Gasteiger partial charge in [-0.25, -0.2) is 0 Å². The summed E-state index contributed by atoms with van der Waals surface area (Å²) in [6.45, 7) is 8.66. The molecule has 0 aromatic heterocycles. The first-order valence-corrected chi connectivity index (χ1v) is 7.25. The molecule has 2 rings (SSSR count). The van der Waals surface area contributed by atoms with Crippen LogP contribution in [0.3, 0.4) is 0 Å². The summed E-state index contributed by atoms with van der Waals surface area (Å²) in [5.41, 5.74) is 7.79. The summed E-state index contributed by atoms with van der Waals surface area (Å²) in [5, 5.41) is 0. The number of anilines is 2. The molecular weight excluding hydrogens is 249 g/mol. The Morgan fingerprint density at radius 3 is 2.26 bits per heavy atom. The van der Waals surface area contributed by atoms with Gasteiger partial charge in [-0.15, -0.1) is 0 Å². The van der Waals surface area contributed by atoms with Gasteiger partial charge in [-0.05, 0) is 83.1 Å². The number of nitrogens with zero attached hydrogens (tertiary/aromatic N) is 1.